The lowest BCUT2D eigenvalue weighted by atomic mass is 10.2. The molecule has 0 aliphatic heterocycles. The van der Waals surface area contributed by atoms with Gasteiger partial charge in [-0.15, -0.1) is 0 Å². The van der Waals surface area contributed by atoms with Crippen LogP contribution in [0.25, 0.3) is 0 Å². The van der Waals surface area contributed by atoms with E-state index in [9.17, 15) is 10.1 Å². The number of nitro groups is 1. The first-order valence-corrected chi connectivity index (χ1v) is 5.20. The van der Waals surface area contributed by atoms with Crippen LogP contribution in [0.2, 0.25) is 5.02 Å². The van der Waals surface area contributed by atoms with Gasteiger partial charge in [0.2, 0.25) is 0 Å². The Kier molecular flexibility index (Phi) is 3.83. The van der Waals surface area contributed by atoms with Crippen molar-refractivity contribution >= 4 is 56.2 Å². The summed E-state index contributed by atoms with van der Waals surface area (Å²) in [6.45, 7) is 0. The molecule has 0 aliphatic carbocycles. The van der Waals surface area contributed by atoms with Gasteiger partial charge in [0.05, 0.1) is 4.92 Å². The van der Waals surface area contributed by atoms with Crippen molar-refractivity contribution in [3.8, 4) is 0 Å². The summed E-state index contributed by atoms with van der Waals surface area (Å²) in [5.74, 6) is 0. The molecular weight excluding hydrogens is 306 g/mol. The quantitative estimate of drug-likeness (QED) is 0.498. The van der Waals surface area contributed by atoms with Crippen LogP contribution in [0.15, 0.2) is 16.6 Å². The molecule has 0 aromatic heterocycles. The number of nitrogens with zero attached hydrogens (tertiary/aromatic N) is 1. The lowest BCUT2D eigenvalue weighted by Gasteiger charge is -2.07. The zero-order valence-electron chi connectivity index (χ0n) is 7.16. The van der Waals surface area contributed by atoms with Gasteiger partial charge in [-0.25, -0.2) is 0 Å². The van der Waals surface area contributed by atoms with Gasteiger partial charge in [0.25, 0.3) is 0 Å². The second-order valence-electron chi connectivity index (χ2n) is 2.50. The van der Waals surface area contributed by atoms with Crippen LogP contribution >= 0.6 is 39.7 Å². The van der Waals surface area contributed by atoms with Crippen molar-refractivity contribution in [2.24, 2.45) is 5.73 Å². The summed E-state index contributed by atoms with van der Waals surface area (Å²) in [6, 6.07) is 2.98. The van der Waals surface area contributed by atoms with Crippen LogP contribution in [0.1, 0.15) is 0 Å². The van der Waals surface area contributed by atoms with E-state index in [0.717, 1.165) is 0 Å². The predicted octanol–water partition coefficient (Wildman–Crippen LogP) is 2.67. The van der Waals surface area contributed by atoms with Gasteiger partial charge in [-0.2, -0.15) is 0 Å². The van der Waals surface area contributed by atoms with E-state index in [2.05, 4.69) is 33.5 Å². The van der Waals surface area contributed by atoms with Crippen LogP contribution in [0.4, 0.5) is 11.4 Å². The summed E-state index contributed by atoms with van der Waals surface area (Å²) in [4.78, 5) is 10.1. The van der Waals surface area contributed by atoms with Crippen LogP contribution in [-0.4, -0.2) is 10.0 Å². The fourth-order valence-corrected chi connectivity index (χ4v) is 1.71. The molecule has 0 amide bonds. The maximum Gasteiger partial charge on any atom is 0.312 e. The highest BCUT2D eigenvalue weighted by Crippen LogP contribution is 2.38. The molecule has 5 nitrogen and oxygen atoms in total. The Morgan fingerprint density at radius 1 is 1.67 bits per heavy atom. The highest BCUT2D eigenvalue weighted by molar-refractivity contribution is 9.10. The van der Waals surface area contributed by atoms with E-state index in [4.69, 9.17) is 17.3 Å². The van der Waals surface area contributed by atoms with Crippen LogP contribution in [0.3, 0.4) is 0 Å². The molecule has 3 N–H and O–H groups in total. The number of rotatable bonds is 2. The lowest BCUT2D eigenvalue weighted by Crippen LogP contribution is -2.20. The van der Waals surface area contributed by atoms with E-state index in [0.29, 0.717) is 4.47 Å². The Morgan fingerprint density at radius 3 is 2.73 bits per heavy atom. The van der Waals surface area contributed by atoms with Crippen molar-refractivity contribution < 1.29 is 4.92 Å². The summed E-state index contributed by atoms with van der Waals surface area (Å²) in [7, 11) is 0. The van der Waals surface area contributed by atoms with Crippen LogP contribution in [-0.2, 0) is 0 Å². The highest BCUT2D eigenvalue weighted by Gasteiger charge is 2.21. The van der Waals surface area contributed by atoms with Crippen molar-refractivity contribution in [1.29, 1.82) is 0 Å². The summed E-state index contributed by atoms with van der Waals surface area (Å²) in [5, 5.41) is 13.2. The third kappa shape index (κ3) is 2.77. The van der Waals surface area contributed by atoms with Gasteiger partial charge in [0, 0.05) is 4.47 Å². The number of halogens is 2. The molecule has 0 spiro atoms. The largest absolute Gasteiger partial charge is 0.376 e. The predicted molar refractivity (Wildman–Crippen MR) is 66.2 cm³/mol. The van der Waals surface area contributed by atoms with Gasteiger partial charge in [-0.05, 0) is 40.3 Å². The minimum absolute atomic E-state index is 0.0157. The van der Waals surface area contributed by atoms with Gasteiger partial charge in [0.15, 0.2) is 5.11 Å². The molecule has 15 heavy (non-hydrogen) atoms. The molecule has 1 rings (SSSR count). The summed E-state index contributed by atoms with van der Waals surface area (Å²) >= 11 is 13.4. The molecule has 0 unspecified atom stereocenters. The number of hydrogen-bond donors (Lipinski definition) is 2. The van der Waals surface area contributed by atoms with Gasteiger partial charge >= 0.3 is 5.69 Å². The second kappa shape index (κ2) is 4.73. The van der Waals surface area contributed by atoms with E-state index >= 15 is 0 Å². The van der Waals surface area contributed by atoms with Crippen molar-refractivity contribution in [3.63, 3.8) is 0 Å². The molecule has 8 heteroatoms. The molecule has 0 radical (unpaired) electrons. The van der Waals surface area contributed by atoms with Gasteiger partial charge in [0.1, 0.15) is 10.7 Å². The topological polar surface area (TPSA) is 81.2 Å². The van der Waals surface area contributed by atoms with Crippen LogP contribution in [0.5, 0.6) is 0 Å². The van der Waals surface area contributed by atoms with Crippen LogP contribution in [0, 0.1) is 10.1 Å². The smallest absolute Gasteiger partial charge is 0.312 e. The minimum atomic E-state index is -0.603. The van der Waals surface area contributed by atoms with Crippen molar-refractivity contribution in [2.75, 3.05) is 5.32 Å². The van der Waals surface area contributed by atoms with Gasteiger partial charge < -0.3 is 11.1 Å². The molecule has 1 aromatic carbocycles. The molecule has 0 fully saturated rings. The third-order valence-electron chi connectivity index (χ3n) is 1.51. The fraction of sp³-hybridized carbons (Fsp3) is 0. The SMILES string of the molecule is NC(=S)Nc1c(Br)ccc(Cl)c1[N+](=O)[O-]. The van der Waals surface area contributed by atoms with Crippen molar-refractivity contribution in [3.05, 3.63) is 31.7 Å². The fourth-order valence-electron chi connectivity index (χ4n) is 0.962. The number of nitrogens with two attached hydrogens (primary N) is 1. The number of nitro benzene ring substituents is 1. The van der Waals surface area contributed by atoms with Crippen molar-refractivity contribution in [1.82, 2.24) is 0 Å². The van der Waals surface area contributed by atoms with E-state index < -0.39 is 4.92 Å². The summed E-state index contributed by atoms with van der Waals surface area (Å²) in [5.41, 5.74) is 5.13. The lowest BCUT2D eigenvalue weighted by molar-refractivity contribution is -0.383. The Morgan fingerprint density at radius 2 is 2.27 bits per heavy atom. The molecule has 0 saturated carbocycles. The standard InChI is InChI=1S/C7H5BrClN3O2S/c8-3-1-2-4(9)6(12(13)14)5(3)11-7(10)15/h1-2H,(H3,10,11,15). The first-order valence-electron chi connectivity index (χ1n) is 3.62. The molecular formula is C7H5BrClN3O2S. The van der Waals surface area contributed by atoms with Crippen LogP contribution < -0.4 is 11.1 Å². The molecule has 0 saturated heterocycles. The Hall–Kier alpha value is -0.920. The molecule has 0 atom stereocenters. The number of nitrogens with one attached hydrogen (secondary N) is 1. The molecule has 1 aromatic rings. The van der Waals surface area contributed by atoms with Crippen molar-refractivity contribution in [2.45, 2.75) is 0 Å². The number of anilines is 1. The first kappa shape index (κ1) is 12.2. The Balaban J connectivity index is 3.38. The summed E-state index contributed by atoms with van der Waals surface area (Å²) < 4.78 is 0.464. The Labute approximate surface area is 104 Å². The number of thiocarbonyl (C=S) groups is 1. The average Bonchev–Trinajstić information content (AvgIpc) is 2.10. The Bertz CT molecular complexity index is 440. The van der Waals surface area contributed by atoms with E-state index in [1.165, 1.54) is 6.07 Å². The second-order valence-corrected chi connectivity index (χ2v) is 4.20. The van der Waals surface area contributed by atoms with Gasteiger partial charge in [-0.1, -0.05) is 11.6 Å². The van der Waals surface area contributed by atoms with E-state index in [1.807, 2.05) is 0 Å². The molecule has 80 valence electrons. The third-order valence-corrected chi connectivity index (χ3v) is 2.58. The van der Waals surface area contributed by atoms with E-state index in [1.54, 1.807) is 6.07 Å². The molecule has 0 heterocycles. The van der Waals surface area contributed by atoms with Gasteiger partial charge in [-0.3, -0.25) is 10.1 Å². The first-order chi connectivity index (χ1) is 6.93. The minimum Gasteiger partial charge on any atom is -0.376 e. The molecule has 0 aliphatic rings. The highest BCUT2D eigenvalue weighted by atomic mass is 79.9. The number of hydrogen-bond acceptors (Lipinski definition) is 3. The maximum atomic E-state index is 10.8. The summed E-state index contributed by atoms with van der Waals surface area (Å²) in [6.07, 6.45) is 0. The monoisotopic (exact) mass is 309 g/mol. The maximum absolute atomic E-state index is 10.8. The average molecular weight is 311 g/mol. The van der Waals surface area contributed by atoms with E-state index in [-0.39, 0.29) is 21.5 Å². The molecule has 0 bridgehead atoms. The zero-order valence-corrected chi connectivity index (χ0v) is 10.3. The normalized spacial score (nSPS) is 9.73. The number of benzene rings is 1. The zero-order chi connectivity index (χ0) is 11.6.